The summed E-state index contributed by atoms with van der Waals surface area (Å²) in [6.45, 7) is 13.7. The molecule has 1 N–H and O–H groups in total. The maximum Gasteiger partial charge on any atom is 0.0167 e. The van der Waals surface area contributed by atoms with Gasteiger partial charge in [0.05, 0.1) is 0 Å². The van der Waals surface area contributed by atoms with Crippen LogP contribution in [0, 0.1) is 5.92 Å². The molecule has 0 bridgehead atoms. The standard InChI is InChI=1S/C13H25N/c1-10(2)7-11-8-12(3,4)14-13(5,6)9-11/h7,10,14H,8-9H2,1-6H3. The van der Waals surface area contributed by atoms with E-state index in [1.165, 1.54) is 12.8 Å². The molecule has 1 saturated heterocycles. The van der Waals surface area contributed by atoms with Crippen molar-refractivity contribution in [2.24, 2.45) is 5.92 Å². The van der Waals surface area contributed by atoms with Gasteiger partial charge in [0, 0.05) is 11.1 Å². The van der Waals surface area contributed by atoms with Crippen molar-refractivity contribution in [3.05, 3.63) is 11.6 Å². The minimum Gasteiger partial charge on any atom is -0.306 e. The lowest BCUT2D eigenvalue weighted by atomic mass is 9.79. The third-order valence-electron chi connectivity index (χ3n) is 2.58. The summed E-state index contributed by atoms with van der Waals surface area (Å²) >= 11 is 0. The number of rotatable bonds is 1. The molecule has 1 rings (SSSR count). The fraction of sp³-hybridized carbons (Fsp3) is 0.846. The summed E-state index contributed by atoms with van der Waals surface area (Å²) in [5, 5.41) is 3.69. The van der Waals surface area contributed by atoms with Gasteiger partial charge in [-0.3, -0.25) is 0 Å². The summed E-state index contributed by atoms with van der Waals surface area (Å²) in [4.78, 5) is 0. The molecule has 1 aliphatic heterocycles. The molecule has 1 aliphatic rings. The molecule has 0 aromatic heterocycles. The van der Waals surface area contributed by atoms with E-state index in [9.17, 15) is 0 Å². The lowest BCUT2D eigenvalue weighted by Gasteiger charge is -2.44. The molecule has 14 heavy (non-hydrogen) atoms. The van der Waals surface area contributed by atoms with E-state index in [1.807, 2.05) is 0 Å². The van der Waals surface area contributed by atoms with Crippen LogP contribution in [0.3, 0.4) is 0 Å². The average Bonchev–Trinajstić information content (AvgIpc) is 1.74. The number of hydrogen-bond acceptors (Lipinski definition) is 1. The molecule has 0 aromatic carbocycles. The van der Waals surface area contributed by atoms with E-state index in [0.717, 1.165) is 0 Å². The highest BCUT2D eigenvalue weighted by atomic mass is 15.0. The maximum absolute atomic E-state index is 3.69. The Kier molecular flexibility index (Phi) is 3.10. The van der Waals surface area contributed by atoms with E-state index in [2.05, 4.69) is 52.9 Å². The quantitative estimate of drug-likeness (QED) is 0.631. The van der Waals surface area contributed by atoms with Crippen LogP contribution in [0.25, 0.3) is 0 Å². The smallest absolute Gasteiger partial charge is 0.0167 e. The van der Waals surface area contributed by atoms with Crippen molar-refractivity contribution in [1.82, 2.24) is 5.32 Å². The fourth-order valence-electron chi connectivity index (χ4n) is 2.79. The molecule has 1 nitrogen and oxygen atoms in total. The number of allylic oxidation sites excluding steroid dienone is 1. The van der Waals surface area contributed by atoms with Crippen LogP contribution in [-0.4, -0.2) is 11.1 Å². The Morgan fingerprint density at radius 1 is 1.07 bits per heavy atom. The number of nitrogens with one attached hydrogen (secondary N) is 1. The lowest BCUT2D eigenvalue weighted by Crippen LogP contribution is -2.55. The fourth-order valence-corrected chi connectivity index (χ4v) is 2.79. The van der Waals surface area contributed by atoms with Gasteiger partial charge in [-0.25, -0.2) is 0 Å². The molecule has 0 atom stereocenters. The van der Waals surface area contributed by atoms with E-state index >= 15 is 0 Å². The maximum atomic E-state index is 3.69. The molecule has 0 radical (unpaired) electrons. The van der Waals surface area contributed by atoms with Gasteiger partial charge in [0.15, 0.2) is 0 Å². The van der Waals surface area contributed by atoms with Crippen LogP contribution in [0.15, 0.2) is 11.6 Å². The third kappa shape index (κ3) is 3.45. The Morgan fingerprint density at radius 2 is 1.50 bits per heavy atom. The second-order valence-corrected chi connectivity index (χ2v) is 6.32. The van der Waals surface area contributed by atoms with Crippen LogP contribution in [-0.2, 0) is 0 Å². The summed E-state index contributed by atoms with van der Waals surface area (Å²) in [6.07, 6.45) is 4.81. The zero-order valence-electron chi connectivity index (χ0n) is 10.6. The van der Waals surface area contributed by atoms with E-state index < -0.39 is 0 Å². The molecule has 1 fully saturated rings. The van der Waals surface area contributed by atoms with E-state index in [4.69, 9.17) is 0 Å². The van der Waals surface area contributed by atoms with Gasteiger partial charge in [-0.05, 0) is 46.5 Å². The molecule has 0 saturated carbocycles. The van der Waals surface area contributed by atoms with Gasteiger partial charge in [0.2, 0.25) is 0 Å². The Morgan fingerprint density at radius 3 is 1.86 bits per heavy atom. The number of piperidine rings is 1. The summed E-state index contributed by atoms with van der Waals surface area (Å²) < 4.78 is 0. The summed E-state index contributed by atoms with van der Waals surface area (Å²) in [5.41, 5.74) is 2.12. The molecular formula is C13H25N. The molecule has 0 aromatic rings. The topological polar surface area (TPSA) is 12.0 Å². The van der Waals surface area contributed by atoms with Crippen LogP contribution in [0.1, 0.15) is 54.4 Å². The van der Waals surface area contributed by atoms with Gasteiger partial charge in [0.25, 0.3) is 0 Å². The summed E-state index contributed by atoms with van der Waals surface area (Å²) in [6, 6.07) is 0. The van der Waals surface area contributed by atoms with Crippen molar-refractivity contribution < 1.29 is 0 Å². The average molecular weight is 195 g/mol. The zero-order valence-corrected chi connectivity index (χ0v) is 10.6. The van der Waals surface area contributed by atoms with Crippen LogP contribution in [0.4, 0.5) is 0 Å². The van der Waals surface area contributed by atoms with Crippen LogP contribution < -0.4 is 5.32 Å². The van der Waals surface area contributed by atoms with Crippen LogP contribution in [0.2, 0.25) is 0 Å². The molecule has 1 heterocycles. The second kappa shape index (κ2) is 3.69. The molecule has 1 heteroatoms. The highest BCUT2D eigenvalue weighted by Gasteiger charge is 2.34. The molecule has 0 amide bonds. The highest BCUT2D eigenvalue weighted by Crippen LogP contribution is 2.32. The molecule has 0 aliphatic carbocycles. The monoisotopic (exact) mass is 195 g/mol. The molecule has 0 spiro atoms. The normalized spacial score (nSPS) is 25.2. The van der Waals surface area contributed by atoms with Gasteiger partial charge in [-0.15, -0.1) is 0 Å². The first-order valence-electron chi connectivity index (χ1n) is 5.69. The van der Waals surface area contributed by atoms with Gasteiger partial charge < -0.3 is 5.32 Å². The van der Waals surface area contributed by atoms with Gasteiger partial charge in [-0.2, -0.15) is 0 Å². The Bertz CT molecular complexity index is 216. The van der Waals surface area contributed by atoms with E-state index in [-0.39, 0.29) is 11.1 Å². The minimum atomic E-state index is 0.252. The highest BCUT2D eigenvalue weighted by molar-refractivity contribution is 5.17. The van der Waals surface area contributed by atoms with Crippen molar-refractivity contribution in [3.8, 4) is 0 Å². The van der Waals surface area contributed by atoms with Crippen LogP contribution in [0.5, 0.6) is 0 Å². The third-order valence-corrected chi connectivity index (χ3v) is 2.58. The largest absolute Gasteiger partial charge is 0.306 e. The number of hydrogen-bond donors (Lipinski definition) is 1. The van der Waals surface area contributed by atoms with Crippen molar-refractivity contribution in [2.45, 2.75) is 65.5 Å². The first kappa shape index (κ1) is 11.8. The first-order valence-corrected chi connectivity index (χ1v) is 5.69. The van der Waals surface area contributed by atoms with Crippen molar-refractivity contribution >= 4 is 0 Å². The van der Waals surface area contributed by atoms with Gasteiger partial charge in [-0.1, -0.05) is 25.5 Å². The van der Waals surface area contributed by atoms with Crippen molar-refractivity contribution in [1.29, 1.82) is 0 Å². The second-order valence-electron chi connectivity index (χ2n) is 6.32. The lowest BCUT2D eigenvalue weighted by molar-refractivity contribution is 0.222. The predicted molar refractivity (Wildman–Crippen MR) is 63.4 cm³/mol. The van der Waals surface area contributed by atoms with Crippen molar-refractivity contribution in [3.63, 3.8) is 0 Å². The van der Waals surface area contributed by atoms with E-state index in [1.54, 1.807) is 5.57 Å². The summed E-state index contributed by atoms with van der Waals surface area (Å²) in [7, 11) is 0. The Balaban J connectivity index is 2.82. The van der Waals surface area contributed by atoms with Crippen LogP contribution >= 0.6 is 0 Å². The molecule has 82 valence electrons. The SMILES string of the molecule is CC(C)C=C1CC(C)(C)NC(C)(C)C1. The van der Waals surface area contributed by atoms with Gasteiger partial charge >= 0.3 is 0 Å². The van der Waals surface area contributed by atoms with Crippen molar-refractivity contribution in [2.75, 3.05) is 0 Å². The molecular weight excluding hydrogens is 170 g/mol. The Labute approximate surface area is 89.0 Å². The first-order chi connectivity index (χ1) is 6.20. The summed E-state index contributed by atoms with van der Waals surface area (Å²) in [5.74, 6) is 0.676. The molecule has 0 unspecified atom stereocenters. The predicted octanol–water partition coefficient (Wildman–Crippen LogP) is 3.51. The van der Waals surface area contributed by atoms with E-state index in [0.29, 0.717) is 5.92 Å². The minimum absolute atomic E-state index is 0.252. The zero-order chi connectivity index (χ0) is 11.0. The Hall–Kier alpha value is -0.300. The van der Waals surface area contributed by atoms with Gasteiger partial charge in [0.1, 0.15) is 0 Å².